The zero-order valence-corrected chi connectivity index (χ0v) is 23.1. The van der Waals surface area contributed by atoms with Crippen LogP contribution in [-0.2, 0) is 18.9 Å². The van der Waals surface area contributed by atoms with Crippen LogP contribution in [-0.4, -0.2) is 62.8 Å². The molecule has 1 saturated heterocycles. The van der Waals surface area contributed by atoms with E-state index in [1.165, 1.54) is 11.0 Å². The average Bonchev–Trinajstić information content (AvgIpc) is 3.63. The normalized spacial score (nSPS) is 19.6. The molecule has 3 aromatic carbocycles. The van der Waals surface area contributed by atoms with Gasteiger partial charge in [-0.15, -0.1) is 9.90 Å². The molecular weight excluding hydrogens is 576 g/mol. The van der Waals surface area contributed by atoms with Crippen molar-refractivity contribution in [3.8, 4) is 0 Å². The van der Waals surface area contributed by atoms with E-state index >= 15 is 0 Å². The first-order valence-corrected chi connectivity index (χ1v) is 13.6. The van der Waals surface area contributed by atoms with Crippen molar-refractivity contribution in [2.75, 3.05) is 6.61 Å². The first kappa shape index (κ1) is 28.0. The van der Waals surface area contributed by atoms with Crippen LogP contribution in [0.1, 0.15) is 37.3 Å². The Hall–Kier alpha value is -5.13. The first-order chi connectivity index (χ1) is 21.0. The lowest BCUT2D eigenvalue weighted by atomic mass is 10.1. The van der Waals surface area contributed by atoms with Gasteiger partial charge in [-0.05, 0) is 42.5 Å². The molecule has 0 radical (unpaired) electrons. The van der Waals surface area contributed by atoms with E-state index in [4.69, 9.17) is 30.5 Å². The maximum absolute atomic E-state index is 13.3. The van der Waals surface area contributed by atoms with Gasteiger partial charge in [0.15, 0.2) is 22.9 Å². The van der Waals surface area contributed by atoms with Crippen LogP contribution in [0.25, 0.3) is 11.0 Å². The van der Waals surface area contributed by atoms with Gasteiger partial charge in [-0.2, -0.15) is 5.10 Å². The molecule has 0 unspecified atom stereocenters. The fourth-order valence-electron chi connectivity index (χ4n) is 4.58. The van der Waals surface area contributed by atoms with Gasteiger partial charge < -0.3 is 18.9 Å². The number of esters is 3. The molecule has 1 aliphatic heterocycles. The van der Waals surface area contributed by atoms with Gasteiger partial charge in [0.1, 0.15) is 18.2 Å². The van der Waals surface area contributed by atoms with Crippen LogP contribution in [0.3, 0.4) is 0 Å². The van der Waals surface area contributed by atoms with Crippen molar-refractivity contribution in [1.82, 2.24) is 20.0 Å². The monoisotopic (exact) mass is 598 g/mol. The van der Waals surface area contributed by atoms with Gasteiger partial charge in [0.05, 0.1) is 16.7 Å². The standard InChI is InChI=1S/C31H23ClN4O7/c32-27-24-22(16-17-33-27)34-36(35-24)28-26(43-31(39)21-14-8-3-9-15-21)25(42-30(38)20-12-6-2-7-13-20)23(41-28)18-40-29(37)19-10-4-1-5-11-19/h1-17,23,25-26,28H,18H2/t23-,25-,26-,28-/m1/s1. The van der Waals surface area contributed by atoms with Crippen LogP contribution in [0.15, 0.2) is 103 Å². The van der Waals surface area contributed by atoms with Crippen LogP contribution in [0.4, 0.5) is 0 Å². The molecule has 11 nitrogen and oxygen atoms in total. The Morgan fingerprint density at radius 1 is 0.721 bits per heavy atom. The van der Waals surface area contributed by atoms with Crippen molar-refractivity contribution < 1.29 is 33.3 Å². The van der Waals surface area contributed by atoms with Crippen molar-refractivity contribution in [2.24, 2.45) is 0 Å². The largest absolute Gasteiger partial charge is 0.459 e. The summed E-state index contributed by atoms with van der Waals surface area (Å²) in [5.74, 6) is -2.00. The number of fused-ring (bicyclic) bond motifs is 1. The number of hydrogen-bond acceptors (Lipinski definition) is 10. The molecule has 2 aromatic heterocycles. The second kappa shape index (κ2) is 12.4. The van der Waals surface area contributed by atoms with Gasteiger partial charge in [0.25, 0.3) is 0 Å². The molecule has 12 heteroatoms. The van der Waals surface area contributed by atoms with E-state index in [9.17, 15) is 14.4 Å². The van der Waals surface area contributed by atoms with E-state index < -0.39 is 42.4 Å². The van der Waals surface area contributed by atoms with E-state index in [0.29, 0.717) is 11.1 Å². The molecule has 0 saturated carbocycles. The maximum Gasteiger partial charge on any atom is 0.338 e. The zero-order chi connectivity index (χ0) is 29.8. The number of nitrogens with zero attached hydrogens (tertiary/aromatic N) is 4. The highest BCUT2D eigenvalue weighted by Gasteiger charge is 2.52. The highest BCUT2D eigenvalue weighted by Crippen LogP contribution is 2.35. The van der Waals surface area contributed by atoms with Crippen LogP contribution in [0.2, 0.25) is 5.15 Å². The Kier molecular flexibility index (Phi) is 8.07. The van der Waals surface area contributed by atoms with Crippen molar-refractivity contribution >= 4 is 40.5 Å². The first-order valence-electron chi connectivity index (χ1n) is 13.2. The Morgan fingerprint density at radius 3 is 1.81 bits per heavy atom. The minimum atomic E-state index is -1.26. The molecule has 1 aliphatic rings. The number of ether oxygens (including phenoxy) is 4. The summed E-state index contributed by atoms with van der Waals surface area (Å²) in [6.07, 6.45) is -3.26. The smallest absolute Gasteiger partial charge is 0.338 e. The van der Waals surface area contributed by atoms with Crippen molar-refractivity contribution in [1.29, 1.82) is 0 Å². The molecule has 5 aromatic rings. The average molecular weight is 599 g/mol. The van der Waals surface area contributed by atoms with Gasteiger partial charge in [0, 0.05) is 6.20 Å². The molecular formula is C31H23ClN4O7. The summed E-state index contributed by atoms with van der Waals surface area (Å²) in [5.41, 5.74) is 1.55. The summed E-state index contributed by atoms with van der Waals surface area (Å²) in [6, 6.07) is 26.6. The lowest BCUT2D eigenvalue weighted by Gasteiger charge is -2.24. The Bertz CT molecular complexity index is 1750. The number of pyridine rings is 1. The van der Waals surface area contributed by atoms with E-state index in [-0.39, 0.29) is 28.4 Å². The number of halogens is 1. The fraction of sp³-hybridized carbons (Fsp3) is 0.161. The molecule has 0 bridgehead atoms. The van der Waals surface area contributed by atoms with E-state index in [0.717, 1.165) is 0 Å². The maximum atomic E-state index is 13.3. The lowest BCUT2D eigenvalue weighted by Crippen LogP contribution is -2.41. The molecule has 3 heterocycles. The quantitative estimate of drug-likeness (QED) is 0.141. The summed E-state index contributed by atoms with van der Waals surface area (Å²) in [4.78, 5) is 44.5. The predicted octanol–water partition coefficient (Wildman–Crippen LogP) is 4.69. The molecule has 6 rings (SSSR count). The third-order valence-electron chi connectivity index (χ3n) is 6.68. The minimum absolute atomic E-state index is 0.111. The molecule has 0 spiro atoms. The summed E-state index contributed by atoms with van der Waals surface area (Å²) in [5, 5.41) is 8.98. The SMILES string of the molecule is O=C(OC[C@H]1O[C@@H](n2nc3ccnc(Cl)c3n2)[C@H](OC(=O)c2ccccc2)[C@@H]1OC(=O)c1ccccc1)c1ccccc1. The van der Waals surface area contributed by atoms with Crippen molar-refractivity contribution in [3.63, 3.8) is 0 Å². The Labute approximate surface area is 249 Å². The lowest BCUT2D eigenvalue weighted by molar-refractivity contribution is -0.0727. The molecule has 0 aliphatic carbocycles. The molecule has 4 atom stereocenters. The second-order valence-electron chi connectivity index (χ2n) is 9.49. The summed E-state index contributed by atoms with van der Waals surface area (Å²) in [7, 11) is 0. The van der Waals surface area contributed by atoms with Gasteiger partial charge in [-0.1, -0.05) is 66.2 Å². The van der Waals surface area contributed by atoms with Gasteiger partial charge >= 0.3 is 17.9 Å². The van der Waals surface area contributed by atoms with Gasteiger partial charge in [-0.3, -0.25) is 0 Å². The minimum Gasteiger partial charge on any atom is -0.459 e. The number of rotatable bonds is 8. The summed E-state index contributed by atoms with van der Waals surface area (Å²) in [6.45, 7) is -0.334. The Balaban J connectivity index is 1.36. The van der Waals surface area contributed by atoms with Crippen molar-refractivity contribution in [2.45, 2.75) is 24.5 Å². The van der Waals surface area contributed by atoms with Crippen LogP contribution in [0, 0.1) is 0 Å². The van der Waals surface area contributed by atoms with E-state index in [1.54, 1.807) is 97.1 Å². The van der Waals surface area contributed by atoms with Crippen molar-refractivity contribution in [3.05, 3.63) is 125 Å². The van der Waals surface area contributed by atoms with Crippen LogP contribution in [0.5, 0.6) is 0 Å². The van der Waals surface area contributed by atoms with Gasteiger partial charge in [0.2, 0.25) is 6.23 Å². The third kappa shape index (κ3) is 6.08. The number of carbonyl (C=O) groups excluding carboxylic acids is 3. The second-order valence-corrected chi connectivity index (χ2v) is 9.85. The third-order valence-corrected chi connectivity index (χ3v) is 6.95. The zero-order valence-electron chi connectivity index (χ0n) is 22.4. The molecule has 216 valence electrons. The number of aromatic nitrogens is 4. The topological polar surface area (TPSA) is 132 Å². The summed E-state index contributed by atoms with van der Waals surface area (Å²) < 4.78 is 23.6. The predicted molar refractivity (Wildman–Crippen MR) is 152 cm³/mol. The van der Waals surface area contributed by atoms with Crippen LogP contribution >= 0.6 is 11.6 Å². The fourth-order valence-corrected chi connectivity index (χ4v) is 4.78. The molecule has 1 fully saturated rings. The molecule has 0 N–H and O–H groups in total. The Morgan fingerprint density at radius 2 is 1.26 bits per heavy atom. The van der Waals surface area contributed by atoms with E-state index in [2.05, 4.69) is 15.2 Å². The summed E-state index contributed by atoms with van der Waals surface area (Å²) >= 11 is 6.23. The number of hydrogen-bond donors (Lipinski definition) is 0. The van der Waals surface area contributed by atoms with Crippen LogP contribution < -0.4 is 0 Å². The number of benzene rings is 3. The molecule has 0 amide bonds. The number of carbonyl (C=O) groups is 3. The highest BCUT2D eigenvalue weighted by atomic mass is 35.5. The molecule has 43 heavy (non-hydrogen) atoms. The highest BCUT2D eigenvalue weighted by molar-refractivity contribution is 6.33. The van der Waals surface area contributed by atoms with E-state index in [1.807, 2.05) is 0 Å². The van der Waals surface area contributed by atoms with Gasteiger partial charge in [-0.25, -0.2) is 19.4 Å².